The van der Waals surface area contributed by atoms with E-state index in [1.807, 2.05) is 0 Å². The summed E-state index contributed by atoms with van der Waals surface area (Å²) >= 11 is 0. The second-order valence-corrected chi connectivity index (χ2v) is 3.02. The summed E-state index contributed by atoms with van der Waals surface area (Å²) in [6.45, 7) is 5.06. The van der Waals surface area contributed by atoms with Gasteiger partial charge in [-0.1, -0.05) is 6.92 Å². The van der Waals surface area contributed by atoms with E-state index in [0.29, 0.717) is 19.7 Å². The molecule has 0 spiro atoms. The summed E-state index contributed by atoms with van der Waals surface area (Å²) in [5, 5.41) is 2.95. The fourth-order valence-electron chi connectivity index (χ4n) is 0.910. The average molecular weight is 218 g/mol. The SMILES string of the molecule is CCOC(=O)C(C)CNCCOC(N)=O. The first kappa shape index (κ1) is 13.7. The van der Waals surface area contributed by atoms with Gasteiger partial charge in [-0.3, -0.25) is 4.79 Å². The molecule has 1 amide bonds. The molecule has 0 saturated heterocycles. The summed E-state index contributed by atoms with van der Waals surface area (Å²) in [4.78, 5) is 21.3. The lowest BCUT2D eigenvalue weighted by Gasteiger charge is -2.11. The zero-order valence-electron chi connectivity index (χ0n) is 9.12. The van der Waals surface area contributed by atoms with Crippen LogP contribution < -0.4 is 11.1 Å². The highest BCUT2D eigenvalue weighted by Gasteiger charge is 2.12. The van der Waals surface area contributed by atoms with E-state index in [0.717, 1.165) is 0 Å². The number of nitrogens with one attached hydrogen (secondary N) is 1. The molecule has 88 valence electrons. The second kappa shape index (κ2) is 8.05. The Morgan fingerprint density at radius 3 is 2.60 bits per heavy atom. The number of carbonyl (C=O) groups is 2. The Morgan fingerprint density at radius 2 is 2.07 bits per heavy atom. The molecule has 0 aliphatic heterocycles. The van der Waals surface area contributed by atoms with Crippen molar-refractivity contribution in [2.24, 2.45) is 11.7 Å². The van der Waals surface area contributed by atoms with Gasteiger partial charge in [-0.05, 0) is 6.92 Å². The Kier molecular flexibility index (Phi) is 7.35. The van der Waals surface area contributed by atoms with Gasteiger partial charge in [-0.2, -0.15) is 0 Å². The largest absolute Gasteiger partial charge is 0.466 e. The number of esters is 1. The van der Waals surface area contributed by atoms with Crippen molar-refractivity contribution in [3.05, 3.63) is 0 Å². The van der Waals surface area contributed by atoms with E-state index < -0.39 is 6.09 Å². The van der Waals surface area contributed by atoms with Crippen LogP contribution in [0.25, 0.3) is 0 Å². The first-order chi connectivity index (χ1) is 7.07. The van der Waals surface area contributed by atoms with Crippen molar-refractivity contribution < 1.29 is 19.1 Å². The maximum Gasteiger partial charge on any atom is 0.404 e. The average Bonchev–Trinajstić information content (AvgIpc) is 2.16. The van der Waals surface area contributed by atoms with Gasteiger partial charge in [0.2, 0.25) is 0 Å². The van der Waals surface area contributed by atoms with Crippen LogP contribution in [0.3, 0.4) is 0 Å². The van der Waals surface area contributed by atoms with Crippen molar-refractivity contribution in [1.82, 2.24) is 5.32 Å². The second-order valence-electron chi connectivity index (χ2n) is 3.02. The van der Waals surface area contributed by atoms with Crippen LogP contribution in [-0.4, -0.2) is 38.4 Å². The standard InChI is InChI=1S/C9H18N2O4/c1-3-14-8(12)7(2)6-11-4-5-15-9(10)13/h7,11H,3-6H2,1-2H3,(H2,10,13). The highest BCUT2D eigenvalue weighted by atomic mass is 16.5. The Morgan fingerprint density at radius 1 is 1.40 bits per heavy atom. The van der Waals surface area contributed by atoms with Crippen LogP contribution in [0.5, 0.6) is 0 Å². The van der Waals surface area contributed by atoms with E-state index in [1.54, 1.807) is 13.8 Å². The molecule has 0 aromatic rings. The lowest BCUT2D eigenvalue weighted by atomic mass is 10.2. The van der Waals surface area contributed by atoms with E-state index in [9.17, 15) is 9.59 Å². The molecule has 0 radical (unpaired) electrons. The van der Waals surface area contributed by atoms with E-state index in [-0.39, 0.29) is 18.5 Å². The van der Waals surface area contributed by atoms with E-state index in [1.165, 1.54) is 0 Å². The van der Waals surface area contributed by atoms with Crippen molar-refractivity contribution in [2.75, 3.05) is 26.3 Å². The van der Waals surface area contributed by atoms with Crippen LogP contribution in [-0.2, 0) is 14.3 Å². The van der Waals surface area contributed by atoms with Gasteiger partial charge >= 0.3 is 12.1 Å². The summed E-state index contributed by atoms with van der Waals surface area (Å²) in [7, 11) is 0. The van der Waals surface area contributed by atoms with Crippen LogP contribution in [0.15, 0.2) is 0 Å². The van der Waals surface area contributed by atoms with Crippen LogP contribution in [0.4, 0.5) is 4.79 Å². The molecule has 0 aromatic heterocycles. The molecule has 0 rings (SSSR count). The van der Waals surface area contributed by atoms with Crippen LogP contribution >= 0.6 is 0 Å². The smallest absolute Gasteiger partial charge is 0.404 e. The van der Waals surface area contributed by atoms with E-state index in [4.69, 9.17) is 10.5 Å². The molecule has 0 fully saturated rings. The third kappa shape index (κ3) is 7.75. The van der Waals surface area contributed by atoms with Crippen molar-refractivity contribution in [2.45, 2.75) is 13.8 Å². The number of rotatable bonds is 7. The van der Waals surface area contributed by atoms with Gasteiger partial charge in [0.25, 0.3) is 0 Å². The van der Waals surface area contributed by atoms with Crippen molar-refractivity contribution in [3.63, 3.8) is 0 Å². The normalized spacial score (nSPS) is 11.9. The number of carbonyl (C=O) groups excluding carboxylic acids is 2. The van der Waals surface area contributed by atoms with Crippen molar-refractivity contribution in [1.29, 1.82) is 0 Å². The van der Waals surface area contributed by atoms with Gasteiger partial charge in [0.1, 0.15) is 6.61 Å². The van der Waals surface area contributed by atoms with Crippen LogP contribution in [0.2, 0.25) is 0 Å². The minimum atomic E-state index is -0.796. The molecule has 0 saturated carbocycles. The number of amides is 1. The minimum absolute atomic E-state index is 0.199. The molecular weight excluding hydrogens is 200 g/mol. The lowest BCUT2D eigenvalue weighted by molar-refractivity contribution is -0.147. The van der Waals surface area contributed by atoms with E-state index in [2.05, 4.69) is 10.1 Å². The number of primary amides is 1. The van der Waals surface area contributed by atoms with Gasteiger partial charge in [-0.25, -0.2) is 4.79 Å². The van der Waals surface area contributed by atoms with Crippen LogP contribution in [0.1, 0.15) is 13.8 Å². The molecule has 0 aliphatic rings. The molecule has 15 heavy (non-hydrogen) atoms. The lowest BCUT2D eigenvalue weighted by Crippen LogP contribution is -2.31. The Hall–Kier alpha value is -1.30. The molecule has 0 bridgehead atoms. The van der Waals surface area contributed by atoms with Gasteiger partial charge in [0, 0.05) is 13.1 Å². The predicted octanol–water partition coefficient (Wildman–Crippen LogP) is -0.129. The summed E-state index contributed by atoms with van der Waals surface area (Å²) < 4.78 is 9.31. The van der Waals surface area contributed by atoms with Gasteiger partial charge in [0.15, 0.2) is 0 Å². The van der Waals surface area contributed by atoms with Gasteiger partial charge in [-0.15, -0.1) is 0 Å². The summed E-state index contributed by atoms with van der Waals surface area (Å²) in [5.41, 5.74) is 4.76. The highest BCUT2D eigenvalue weighted by molar-refractivity contribution is 5.72. The first-order valence-corrected chi connectivity index (χ1v) is 4.87. The Labute approximate surface area is 89.1 Å². The molecule has 1 unspecified atom stereocenters. The fraction of sp³-hybridized carbons (Fsp3) is 0.778. The quantitative estimate of drug-likeness (QED) is 0.459. The number of hydrogen-bond donors (Lipinski definition) is 2. The maximum atomic E-state index is 11.1. The molecule has 6 nitrogen and oxygen atoms in total. The minimum Gasteiger partial charge on any atom is -0.466 e. The number of nitrogens with two attached hydrogens (primary N) is 1. The summed E-state index contributed by atoms with van der Waals surface area (Å²) in [6.07, 6.45) is -0.796. The Balaban J connectivity index is 3.42. The maximum absolute atomic E-state index is 11.1. The molecule has 1 atom stereocenters. The zero-order chi connectivity index (χ0) is 11.7. The van der Waals surface area contributed by atoms with E-state index >= 15 is 0 Å². The predicted molar refractivity (Wildman–Crippen MR) is 54.2 cm³/mol. The van der Waals surface area contributed by atoms with Crippen molar-refractivity contribution >= 4 is 12.1 Å². The Bertz CT molecular complexity index is 208. The van der Waals surface area contributed by atoms with Crippen molar-refractivity contribution in [3.8, 4) is 0 Å². The van der Waals surface area contributed by atoms with Crippen LogP contribution in [0, 0.1) is 5.92 Å². The van der Waals surface area contributed by atoms with Gasteiger partial charge in [0.05, 0.1) is 12.5 Å². The molecular formula is C9H18N2O4. The van der Waals surface area contributed by atoms with Gasteiger partial charge < -0.3 is 20.5 Å². The molecule has 6 heteroatoms. The topological polar surface area (TPSA) is 90.7 Å². The number of hydrogen-bond acceptors (Lipinski definition) is 5. The fourth-order valence-corrected chi connectivity index (χ4v) is 0.910. The molecule has 0 aliphatic carbocycles. The summed E-state index contributed by atoms with van der Waals surface area (Å²) in [6, 6.07) is 0. The molecule has 0 heterocycles. The third-order valence-corrected chi connectivity index (χ3v) is 1.66. The summed E-state index contributed by atoms with van der Waals surface area (Å²) in [5.74, 6) is -0.445. The molecule has 3 N–H and O–H groups in total. The monoisotopic (exact) mass is 218 g/mol. The first-order valence-electron chi connectivity index (χ1n) is 4.87. The zero-order valence-corrected chi connectivity index (χ0v) is 9.12. The third-order valence-electron chi connectivity index (χ3n) is 1.66. The number of ether oxygens (including phenoxy) is 2. The highest BCUT2D eigenvalue weighted by Crippen LogP contribution is 1.96. The molecule has 0 aromatic carbocycles.